The second-order valence-corrected chi connectivity index (χ2v) is 7.38. The third-order valence-corrected chi connectivity index (χ3v) is 5.62. The van der Waals surface area contributed by atoms with Crippen molar-refractivity contribution in [3.05, 3.63) is 30.1 Å². The third kappa shape index (κ3) is 5.32. The number of nitrogens with one attached hydrogen (secondary N) is 1. The maximum Gasteiger partial charge on any atom is 0.317 e. The van der Waals surface area contributed by atoms with Crippen molar-refractivity contribution in [1.82, 2.24) is 15.1 Å². The maximum absolute atomic E-state index is 13.9. The summed E-state index contributed by atoms with van der Waals surface area (Å²) in [6.45, 7) is 5.28. The number of hydrogen-bond donors (Lipinski definition) is 2. The van der Waals surface area contributed by atoms with Crippen molar-refractivity contribution in [2.45, 2.75) is 31.7 Å². The number of anilines is 1. The number of amides is 2. The van der Waals surface area contributed by atoms with E-state index < -0.39 is 0 Å². The van der Waals surface area contributed by atoms with Gasteiger partial charge >= 0.3 is 6.03 Å². The summed E-state index contributed by atoms with van der Waals surface area (Å²) in [4.78, 5) is 18.5. The highest BCUT2D eigenvalue weighted by atomic mass is 19.1. The number of carbonyl (C=O) groups is 1. The van der Waals surface area contributed by atoms with E-state index in [1.54, 1.807) is 17.0 Å². The average molecular weight is 378 g/mol. The molecule has 3 rings (SSSR count). The summed E-state index contributed by atoms with van der Waals surface area (Å²) >= 11 is 0. The molecule has 0 spiro atoms. The Kier molecular flexibility index (Phi) is 7.29. The van der Waals surface area contributed by atoms with Gasteiger partial charge in [-0.05, 0) is 37.9 Å². The first-order valence-corrected chi connectivity index (χ1v) is 10.1. The first-order valence-electron chi connectivity index (χ1n) is 10.1. The molecule has 150 valence electrons. The zero-order valence-electron chi connectivity index (χ0n) is 15.9. The molecule has 0 radical (unpaired) electrons. The van der Waals surface area contributed by atoms with E-state index >= 15 is 0 Å². The van der Waals surface area contributed by atoms with Crippen LogP contribution in [-0.2, 0) is 0 Å². The Labute approximate surface area is 160 Å². The number of rotatable bonds is 6. The Morgan fingerprint density at radius 1 is 1.15 bits per heavy atom. The fourth-order valence-corrected chi connectivity index (χ4v) is 4.01. The molecular formula is C20H31FN4O2. The summed E-state index contributed by atoms with van der Waals surface area (Å²) in [5.74, 6) is -0.214. The monoisotopic (exact) mass is 378 g/mol. The zero-order valence-corrected chi connectivity index (χ0v) is 15.9. The first-order chi connectivity index (χ1) is 13.2. The fourth-order valence-electron chi connectivity index (χ4n) is 4.01. The largest absolute Gasteiger partial charge is 0.395 e. The van der Waals surface area contributed by atoms with E-state index in [0.29, 0.717) is 38.4 Å². The van der Waals surface area contributed by atoms with Gasteiger partial charge in [-0.15, -0.1) is 0 Å². The lowest BCUT2D eigenvalue weighted by molar-refractivity contribution is 0.0892. The van der Waals surface area contributed by atoms with Crippen molar-refractivity contribution >= 4 is 11.7 Å². The Hall–Kier alpha value is -1.86. The summed E-state index contributed by atoms with van der Waals surface area (Å²) in [6.07, 6.45) is 4.33. The third-order valence-electron chi connectivity index (χ3n) is 5.62. The van der Waals surface area contributed by atoms with Crippen LogP contribution < -0.4 is 10.2 Å². The first kappa shape index (κ1) is 19.9. The number of benzene rings is 1. The quantitative estimate of drug-likeness (QED) is 0.743. The van der Waals surface area contributed by atoms with Crippen LogP contribution in [0, 0.1) is 5.82 Å². The van der Waals surface area contributed by atoms with Crippen LogP contribution in [0.2, 0.25) is 0 Å². The minimum atomic E-state index is -0.214. The van der Waals surface area contributed by atoms with E-state index in [4.69, 9.17) is 0 Å². The molecule has 2 amide bonds. The van der Waals surface area contributed by atoms with Gasteiger partial charge in [0.2, 0.25) is 0 Å². The van der Waals surface area contributed by atoms with Crippen molar-refractivity contribution in [3.8, 4) is 0 Å². The van der Waals surface area contributed by atoms with Crippen molar-refractivity contribution in [2.24, 2.45) is 0 Å². The summed E-state index contributed by atoms with van der Waals surface area (Å²) in [5, 5.41) is 12.4. The summed E-state index contributed by atoms with van der Waals surface area (Å²) in [7, 11) is 0. The number of hydrogen-bond acceptors (Lipinski definition) is 4. The Morgan fingerprint density at radius 2 is 1.93 bits per heavy atom. The number of halogens is 1. The molecule has 2 N–H and O–H groups in total. The van der Waals surface area contributed by atoms with E-state index in [2.05, 4.69) is 10.2 Å². The molecule has 1 aromatic carbocycles. The van der Waals surface area contributed by atoms with Gasteiger partial charge in [0.25, 0.3) is 0 Å². The molecular weight excluding hydrogens is 347 g/mol. The van der Waals surface area contributed by atoms with Crippen molar-refractivity contribution in [1.29, 1.82) is 0 Å². The molecule has 2 saturated heterocycles. The summed E-state index contributed by atoms with van der Waals surface area (Å²) in [5.41, 5.74) is 0.609. The highest BCUT2D eigenvalue weighted by Crippen LogP contribution is 2.20. The van der Waals surface area contributed by atoms with Crippen molar-refractivity contribution in [3.63, 3.8) is 0 Å². The molecule has 0 bridgehead atoms. The van der Waals surface area contributed by atoms with Gasteiger partial charge in [-0.2, -0.15) is 0 Å². The normalized spacial score (nSPS) is 21.3. The fraction of sp³-hybridized carbons (Fsp3) is 0.650. The minimum Gasteiger partial charge on any atom is -0.395 e. The number of urea groups is 1. The average Bonchev–Trinajstić information content (AvgIpc) is 2.72. The molecule has 0 aromatic heterocycles. The van der Waals surface area contributed by atoms with Crippen molar-refractivity contribution < 1.29 is 14.3 Å². The van der Waals surface area contributed by atoms with E-state index in [9.17, 15) is 14.3 Å². The molecule has 1 aromatic rings. The maximum atomic E-state index is 13.9. The van der Waals surface area contributed by atoms with Crippen LogP contribution in [0.25, 0.3) is 0 Å². The van der Waals surface area contributed by atoms with Crippen LogP contribution in [0.3, 0.4) is 0 Å². The lowest BCUT2D eigenvalue weighted by atomic mass is 10.0. The highest BCUT2D eigenvalue weighted by molar-refractivity contribution is 5.74. The molecule has 0 unspecified atom stereocenters. The SMILES string of the molecule is O=C(NCCCN1CCCC[C@H]1CO)N1CCN(c2ccccc2F)CC1. The number of para-hydroxylation sites is 1. The molecule has 2 fully saturated rings. The highest BCUT2D eigenvalue weighted by Gasteiger charge is 2.23. The zero-order chi connectivity index (χ0) is 19.1. The Morgan fingerprint density at radius 3 is 2.67 bits per heavy atom. The molecule has 2 aliphatic rings. The number of nitrogens with zero attached hydrogens (tertiary/aromatic N) is 3. The number of carbonyl (C=O) groups excluding carboxylic acids is 1. The number of piperazine rings is 1. The van der Waals surface area contributed by atoms with Gasteiger partial charge in [0.15, 0.2) is 0 Å². The number of aliphatic hydroxyl groups is 1. The van der Waals surface area contributed by atoms with Gasteiger partial charge in [-0.3, -0.25) is 4.90 Å². The number of likely N-dealkylation sites (tertiary alicyclic amines) is 1. The van der Waals surface area contributed by atoms with Gasteiger partial charge < -0.3 is 20.2 Å². The van der Waals surface area contributed by atoms with Crippen LogP contribution >= 0.6 is 0 Å². The van der Waals surface area contributed by atoms with E-state index in [1.807, 2.05) is 11.0 Å². The second kappa shape index (κ2) is 9.90. The van der Waals surface area contributed by atoms with Crippen LogP contribution in [-0.4, -0.2) is 79.4 Å². The number of piperidine rings is 1. The predicted octanol–water partition coefficient (Wildman–Crippen LogP) is 1.89. The summed E-state index contributed by atoms with van der Waals surface area (Å²) in [6, 6.07) is 7.02. The molecule has 7 heteroatoms. The second-order valence-electron chi connectivity index (χ2n) is 7.38. The van der Waals surface area contributed by atoms with Crippen molar-refractivity contribution in [2.75, 3.05) is 57.3 Å². The van der Waals surface area contributed by atoms with Gasteiger partial charge in [-0.1, -0.05) is 18.6 Å². The van der Waals surface area contributed by atoms with E-state index in [0.717, 1.165) is 25.9 Å². The predicted molar refractivity (Wildman–Crippen MR) is 104 cm³/mol. The molecule has 0 saturated carbocycles. The summed E-state index contributed by atoms with van der Waals surface area (Å²) < 4.78 is 13.9. The van der Waals surface area contributed by atoms with Gasteiger partial charge in [0, 0.05) is 45.3 Å². The van der Waals surface area contributed by atoms with Crippen LogP contribution in [0.5, 0.6) is 0 Å². The van der Waals surface area contributed by atoms with E-state index in [-0.39, 0.29) is 24.5 Å². The van der Waals surface area contributed by atoms with E-state index in [1.165, 1.54) is 18.9 Å². The number of aliphatic hydroxyl groups excluding tert-OH is 1. The Bertz CT molecular complexity index is 607. The molecule has 0 aliphatic carbocycles. The molecule has 2 heterocycles. The lowest BCUT2D eigenvalue weighted by Gasteiger charge is -2.36. The smallest absolute Gasteiger partial charge is 0.317 e. The van der Waals surface area contributed by atoms with Gasteiger partial charge in [0.1, 0.15) is 5.82 Å². The molecule has 1 atom stereocenters. The van der Waals surface area contributed by atoms with Gasteiger partial charge in [0.05, 0.1) is 12.3 Å². The molecule has 2 aliphatic heterocycles. The Balaban J connectivity index is 1.35. The lowest BCUT2D eigenvalue weighted by Crippen LogP contribution is -2.52. The standard InChI is InChI=1S/C20H31FN4O2/c21-18-7-1-2-8-19(18)24-12-14-25(15-13-24)20(27)22-9-5-11-23-10-4-3-6-17(23)16-26/h1-2,7-8,17,26H,3-6,9-16H2,(H,22,27)/t17-/m0/s1. The van der Waals surface area contributed by atoms with Crippen LogP contribution in [0.1, 0.15) is 25.7 Å². The van der Waals surface area contributed by atoms with Crippen LogP contribution in [0.15, 0.2) is 24.3 Å². The van der Waals surface area contributed by atoms with Gasteiger partial charge in [-0.25, -0.2) is 9.18 Å². The van der Waals surface area contributed by atoms with Crippen LogP contribution in [0.4, 0.5) is 14.9 Å². The topological polar surface area (TPSA) is 59.1 Å². The molecule has 27 heavy (non-hydrogen) atoms. The molecule has 6 nitrogen and oxygen atoms in total. The minimum absolute atomic E-state index is 0.0412.